The van der Waals surface area contributed by atoms with Crippen LogP contribution in [0.1, 0.15) is 25.7 Å². The third-order valence-corrected chi connectivity index (χ3v) is 3.53. The van der Waals surface area contributed by atoms with E-state index < -0.39 is 0 Å². The van der Waals surface area contributed by atoms with Crippen LogP contribution in [-0.4, -0.2) is 43.0 Å². The number of benzene rings is 1. The molecule has 1 aromatic rings. The maximum atomic E-state index is 12.0. The second kappa shape index (κ2) is 10.1. The van der Waals surface area contributed by atoms with Crippen molar-refractivity contribution in [3.63, 3.8) is 0 Å². The molecule has 1 aromatic carbocycles. The van der Waals surface area contributed by atoms with Crippen LogP contribution in [0, 0.1) is 0 Å². The summed E-state index contributed by atoms with van der Waals surface area (Å²) in [6.45, 7) is 1.70. The molecule has 2 amide bonds. The van der Waals surface area contributed by atoms with Gasteiger partial charge in [0.1, 0.15) is 12.4 Å². The second-order valence-corrected chi connectivity index (χ2v) is 5.34. The standard InChI is InChI=1S/C16H23N3O3.ClH/c17-9-11-22-14-7-5-13(6-8-14)18-15(20)12-19-10-3-1-2-4-16(19)21;/h5-8H,1-4,9-12,17H2,(H,18,20);1H. The molecule has 128 valence electrons. The first-order valence-electron chi connectivity index (χ1n) is 7.69. The summed E-state index contributed by atoms with van der Waals surface area (Å²) in [5.74, 6) is 0.607. The van der Waals surface area contributed by atoms with Gasteiger partial charge in [-0.25, -0.2) is 0 Å². The first-order valence-corrected chi connectivity index (χ1v) is 7.69. The smallest absolute Gasteiger partial charge is 0.243 e. The molecule has 0 aliphatic carbocycles. The van der Waals surface area contributed by atoms with E-state index in [-0.39, 0.29) is 30.8 Å². The molecule has 0 unspecified atom stereocenters. The molecule has 1 fully saturated rings. The van der Waals surface area contributed by atoms with Crippen molar-refractivity contribution >= 4 is 29.9 Å². The van der Waals surface area contributed by atoms with Crippen LogP contribution < -0.4 is 15.8 Å². The Hall–Kier alpha value is -1.79. The Labute approximate surface area is 142 Å². The molecule has 0 bridgehead atoms. The number of carbonyl (C=O) groups excluding carboxylic acids is 2. The van der Waals surface area contributed by atoms with Gasteiger partial charge in [-0.1, -0.05) is 6.42 Å². The molecule has 0 aromatic heterocycles. The van der Waals surface area contributed by atoms with Gasteiger partial charge in [0.15, 0.2) is 0 Å². The second-order valence-electron chi connectivity index (χ2n) is 5.34. The third kappa shape index (κ3) is 6.46. The molecule has 2 rings (SSSR count). The van der Waals surface area contributed by atoms with Gasteiger partial charge >= 0.3 is 0 Å². The quantitative estimate of drug-likeness (QED) is 0.826. The monoisotopic (exact) mass is 341 g/mol. The number of ether oxygens (including phenoxy) is 1. The Kier molecular flexibility index (Phi) is 8.43. The molecule has 7 heteroatoms. The van der Waals surface area contributed by atoms with Crippen LogP contribution in [0.2, 0.25) is 0 Å². The first-order chi connectivity index (χ1) is 10.7. The molecular formula is C16H24ClN3O3. The summed E-state index contributed by atoms with van der Waals surface area (Å²) in [4.78, 5) is 25.5. The number of anilines is 1. The number of amides is 2. The maximum absolute atomic E-state index is 12.0. The minimum Gasteiger partial charge on any atom is -0.492 e. The van der Waals surface area contributed by atoms with Gasteiger partial charge in [0.2, 0.25) is 11.8 Å². The van der Waals surface area contributed by atoms with Gasteiger partial charge in [0, 0.05) is 25.2 Å². The molecule has 1 saturated heterocycles. The van der Waals surface area contributed by atoms with Crippen LogP contribution in [0.4, 0.5) is 5.69 Å². The number of hydrogen-bond acceptors (Lipinski definition) is 4. The molecule has 1 aliphatic heterocycles. The van der Waals surface area contributed by atoms with Crippen LogP contribution >= 0.6 is 12.4 Å². The Bertz CT molecular complexity index is 508. The Balaban J connectivity index is 0.00000264. The summed E-state index contributed by atoms with van der Waals surface area (Å²) in [7, 11) is 0. The molecule has 6 nitrogen and oxygen atoms in total. The molecule has 0 radical (unpaired) electrons. The van der Waals surface area contributed by atoms with E-state index in [0.29, 0.717) is 37.6 Å². The lowest BCUT2D eigenvalue weighted by Gasteiger charge is -2.19. The van der Waals surface area contributed by atoms with Gasteiger partial charge in [-0.15, -0.1) is 12.4 Å². The molecular weight excluding hydrogens is 318 g/mol. The van der Waals surface area contributed by atoms with E-state index in [1.54, 1.807) is 29.2 Å². The topological polar surface area (TPSA) is 84.7 Å². The minimum absolute atomic E-state index is 0. The van der Waals surface area contributed by atoms with Crippen molar-refractivity contribution in [3.8, 4) is 5.75 Å². The lowest BCUT2D eigenvalue weighted by molar-refractivity contribution is -0.134. The SMILES string of the molecule is Cl.NCCOc1ccc(NC(=O)CN2CCCCCC2=O)cc1. The van der Waals surface area contributed by atoms with Crippen molar-refractivity contribution < 1.29 is 14.3 Å². The van der Waals surface area contributed by atoms with Gasteiger partial charge in [-0.3, -0.25) is 9.59 Å². The number of nitrogens with zero attached hydrogens (tertiary/aromatic N) is 1. The van der Waals surface area contributed by atoms with Gasteiger partial charge in [-0.2, -0.15) is 0 Å². The van der Waals surface area contributed by atoms with Crippen molar-refractivity contribution in [2.45, 2.75) is 25.7 Å². The molecule has 0 spiro atoms. The normalized spacial score (nSPS) is 14.7. The molecule has 3 N–H and O–H groups in total. The average Bonchev–Trinajstić information content (AvgIpc) is 2.71. The number of nitrogens with one attached hydrogen (secondary N) is 1. The summed E-state index contributed by atoms with van der Waals surface area (Å²) >= 11 is 0. The average molecular weight is 342 g/mol. The molecule has 0 saturated carbocycles. The van der Waals surface area contributed by atoms with Crippen LogP contribution in [0.15, 0.2) is 24.3 Å². The van der Waals surface area contributed by atoms with Crippen LogP contribution in [0.5, 0.6) is 5.75 Å². The van der Waals surface area contributed by atoms with Crippen molar-refractivity contribution in [1.29, 1.82) is 0 Å². The molecule has 0 atom stereocenters. The highest BCUT2D eigenvalue weighted by Crippen LogP contribution is 2.16. The Morgan fingerprint density at radius 2 is 1.96 bits per heavy atom. The number of rotatable bonds is 6. The Morgan fingerprint density at radius 3 is 2.65 bits per heavy atom. The number of nitrogens with two attached hydrogens (primary N) is 1. The van der Waals surface area contributed by atoms with Crippen molar-refractivity contribution in [2.75, 3.05) is 31.6 Å². The van der Waals surface area contributed by atoms with Crippen LogP contribution in [-0.2, 0) is 9.59 Å². The number of halogens is 1. The number of carbonyl (C=O) groups is 2. The molecule has 23 heavy (non-hydrogen) atoms. The first kappa shape index (κ1) is 19.3. The van der Waals surface area contributed by atoms with Crippen LogP contribution in [0.3, 0.4) is 0 Å². The fourth-order valence-electron chi connectivity index (χ4n) is 2.39. The highest BCUT2D eigenvalue weighted by molar-refractivity contribution is 5.94. The van der Waals surface area contributed by atoms with Crippen molar-refractivity contribution in [1.82, 2.24) is 4.90 Å². The van der Waals surface area contributed by atoms with Crippen LogP contribution in [0.25, 0.3) is 0 Å². The molecule has 1 heterocycles. The van der Waals surface area contributed by atoms with Crippen molar-refractivity contribution in [2.24, 2.45) is 5.73 Å². The zero-order valence-corrected chi connectivity index (χ0v) is 13.9. The minimum atomic E-state index is -0.175. The zero-order chi connectivity index (χ0) is 15.8. The maximum Gasteiger partial charge on any atom is 0.243 e. The third-order valence-electron chi connectivity index (χ3n) is 3.53. The van der Waals surface area contributed by atoms with Gasteiger partial charge in [-0.05, 0) is 37.1 Å². The van der Waals surface area contributed by atoms with E-state index in [4.69, 9.17) is 10.5 Å². The van der Waals surface area contributed by atoms with Gasteiger partial charge in [0.05, 0.1) is 6.54 Å². The highest BCUT2D eigenvalue weighted by atomic mass is 35.5. The Morgan fingerprint density at radius 1 is 1.22 bits per heavy atom. The summed E-state index contributed by atoms with van der Waals surface area (Å²) < 4.78 is 5.37. The highest BCUT2D eigenvalue weighted by Gasteiger charge is 2.19. The largest absolute Gasteiger partial charge is 0.492 e. The van der Waals surface area contributed by atoms with E-state index in [1.807, 2.05) is 0 Å². The fraction of sp³-hybridized carbons (Fsp3) is 0.500. The number of likely N-dealkylation sites (tertiary alicyclic amines) is 1. The predicted molar refractivity (Wildman–Crippen MR) is 91.9 cm³/mol. The lowest BCUT2D eigenvalue weighted by Crippen LogP contribution is -2.37. The van der Waals surface area contributed by atoms with E-state index in [2.05, 4.69) is 5.32 Å². The summed E-state index contributed by atoms with van der Waals surface area (Å²) in [6.07, 6.45) is 3.47. The van der Waals surface area contributed by atoms with Crippen molar-refractivity contribution in [3.05, 3.63) is 24.3 Å². The summed E-state index contributed by atoms with van der Waals surface area (Å²) in [5.41, 5.74) is 6.06. The van der Waals surface area contributed by atoms with E-state index in [9.17, 15) is 9.59 Å². The van der Waals surface area contributed by atoms with E-state index in [1.165, 1.54) is 0 Å². The summed E-state index contributed by atoms with van der Waals surface area (Å²) in [5, 5.41) is 2.80. The van der Waals surface area contributed by atoms with Gasteiger partial charge < -0.3 is 20.7 Å². The zero-order valence-electron chi connectivity index (χ0n) is 13.1. The van der Waals surface area contributed by atoms with Gasteiger partial charge in [0.25, 0.3) is 0 Å². The van der Waals surface area contributed by atoms with E-state index in [0.717, 1.165) is 19.3 Å². The summed E-state index contributed by atoms with van der Waals surface area (Å²) in [6, 6.07) is 7.10. The fourth-order valence-corrected chi connectivity index (χ4v) is 2.39. The number of hydrogen-bond donors (Lipinski definition) is 2. The predicted octanol–water partition coefficient (Wildman–Crippen LogP) is 1.79. The van der Waals surface area contributed by atoms with E-state index >= 15 is 0 Å². The lowest BCUT2D eigenvalue weighted by atomic mass is 10.2. The molecule has 1 aliphatic rings.